The van der Waals surface area contributed by atoms with E-state index in [4.69, 9.17) is 44.9 Å². The SMILES string of the molecule is c1ccc(-c2nc(-c3ccccc3)nc(-c3ccc(-n4c5ccccc5c5cc(-c6nc(-c7ccccc7)nc(-c7ccccc7)n6)ccc54)c(-c4nc(-c5ccccc5)nc(-c5cccc(-c6ccc(N7c8ccccc8B8c9ccccc9N(c9ccccc9)c9cccc7c98)cc6)c5)n4)c3)n2)cc1. The van der Waals surface area contributed by atoms with Crippen molar-refractivity contribution in [3.8, 4) is 119 Å². The number of hydrogen-bond donors (Lipinski definition) is 0. The molecule has 2 aliphatic rings. The Morgan fingerprint density at radius 1 is 0.198 bits per heavy atom. The third-order valence-electron chi connectivity index (χ3n) is 20.1. The second-order valence-corrected chi connectivity index (χ2v) is 26.5. The molecule has 0 amide bonds. The quantitative estimate of drug-likeness (QED) is 0.102. The van der Waals surface area contributed by atoms with Crippen LogP contribution in [0.15, 0.2) is 358 Å². The van der Waals surface area contributed by atoms with E-state index >= 15 is 0 Å². The van der Waals surface area contributed by atoms with Gasteiger partial charge in [-0.3, -0.25) is 0 Å². The summed E-state index contributed by atoms with van der Waals surface area (Å²) in [5.74, 6) is 4.80. The van der Waals surface area contributed by atoms with Gasteiger partial charge in [-0.15, -0.1) is 0 Å². The zero-order valence-electron chi connectivity index (χ0n) is 57.0. The molecule has 0 unspecified atom stereocenters. The van der Waals surface area contributed by atoms with Crippen molar-refractivity contribution in [1.29, 1.82) is 0 Å². The molecular formula is C93H59BN12. The largest absolute Gasteiger partial charge is 0.311 e. The van der Waals surface area contributed by atoms with E-state index in [0.717, 1.165) is 111 Å². The molecule has 13 heteroatoms. The van der Waals surface area contributed by atoms with Gasteiger partial charge in [-0.2, -0.15) is 0 Å². The maximum absolute atomic E-state index is 5.61. The molecule has 18 aromatic rings. The third-order valence-corrected chi connectivity index (χ3v) is 20.1. The molecule has 0 fully saturated rings. The van der Waals surface area contributed by atoms with Crippen LogP contribution in [-0.4, -0.2) is 56.1 Å². The molecule has 0 bridgehead atoms. The van der Waals surface area contributed by atoms with E-state index in [1.807, 2.05) is 152 Å². The van der Waals surface area contributed by atoms with Gasteiger partial charge in [-0.05, 0) is 125 Å². The summed E-state index contributed by atoms with van der Waals surface area (Å²) in [7, 11) is 0. The molecule has 0 radical (unpaired) electrons. The molecule has 0 saturated heterocycles. The Kier molecular flexibility index (Phi) is 15.0. The van der Waals surface area contributed by atoms with E-state index in [1.165, 1.54) is 27.8 Å². The Bertz CT molecular complexity index is 6290. The number of benzene rings is 14. The molecule has 4 aromatic heterocycles. The molecule has 106 heavy (non-hydrogen) atoms. The molecule has 6 heterocycles. The Balaban J connectivity index is 0.741. The van der Waals surface area contributed by atoms with Gasteiger partial charge in [0, 0.05) is 95.0 Å². The Morgan fingerprint density at radius 2 is 0.538 bits per heavy atom. The van der Waals surface area contributed by atoms with Crippen LogP contribution in [0, 0.1) is 0 Å². The van der Waals surface area contributed by atoms with Crippen LogP contribution in [0.5, 0.6) is 0 Å². The van der Waals surface area contributed by atoms with Gasteiger partial charge in [0.25, 0.3) is 6.71 Å². The van der Waals surface area contributed by atoms with Crippen molar-refractivity contribution in [2.24, 2.45) is 0 Å². The van der Waals surface area contributed by atoms with Crippen LogP contribution in [0.25, 0.3) is 141 Å². The minimum atomic E-state index is 0.0454. The van der Waals surface area contributed by atoms with Crippen LogP contribution in [0.2, 0.25) is 0 Å². The van der Waals surface area contributed by atoms with Crippen molar-refractivity contribution in [3.05, 3.63) is 358 Å². The Morgan fingerprint density at radius 3 is 1.04 bits per heavy atom. The molecule has 494 valence electrons. The van der Waals surface area contributed by atoms with E-state index in [1.54, 1.807) is 0 Å². The number of anilines is 6. The standard InChI is InChI=1S/C93H59BN12/c1-7-27-61(28-8-1)85-95-86(62-29-9-2-10-30-62)98-91(97-85)68-51-55-78-73(58-68)72-41-19-22-44-77(72)106(78)79-56-52-69(92-99-87(63-31-11-3-12-32-63)96-88(100-92)64-33-13-4-14-34-64)59-74(79)93-102-89(65-35-15-5-16-36-65)101-90(103-93)67-38-25-37-66(57-67)60-49-53-71(54-50-60)105-81-46-24-21-43-76(81)94-75-42-20-23-45-80(75)104(70-39-17-6-18-40-70)82-47-26-48-83(105)84(82)94/h1-59H. The van der Waals surface area contributed by atoms with Gasteiger partial charge in [0.1, 0.15) is 0 Å². The van der Waals surface area contributed by atoms with Crippen LogP contribution in [0.3, 0.4) is 0 Å². The average Bonchev–Trinajstić information content (AvgIpc) is 0.866. The van der Waals surface area contributed by atoms with Crippen molar-refractivity contribution in [3.63, 3.8) is 0 Å². The number of hydrogen-bond acceptors (Lipinski definition) is 11. The maximum Gasteiger partial charge on any atom is 0.252 e. The van der Waals surface area contributed by atoms with Crippen LogP contribution in [-0.2, 0) is 0 Å². The highest BCUT2D eigenvalue weighted by Gasteiger charge is 2.43. The fourth-order valence-electron chi connectivity index (χ4n) is 15.2. The van der Waals surface area contributed by atoms with Crippen molar-refractivity contribution in [2.75, 3.05) is 9.80 Å². The number of rotatable bonds is 13. The van der Waals surface area contributed by atoms with Gasteiger partial charge < -0.3 is 14.4 Å². The van der Waals surface area contributed by atoms with E-state index in [2.05, 4.69) is 221 Å². The van der Waals surface area contributed by atoms with Crippen molar-refractivity contribution in [2.45, 2.75) is 0 Å². The van der Waals surface area contributed by atoms with Crippen LogP contribution in [0.1, 0.15) is 0 Å². The lowest BCUT2D eigenvalue weighted by atomic mass is 9.33. The van der Waals surface area contributed by atoms with Gasteiger partial charge in [-0.1, -0.05) is 261 Å². The molecule has 0 N–H and O–H groups in total. The highest BCUT2D eigenvalue weighted by atomic mass is 15.2. The summed E-state index contributed by atoms with van der Waals surface area (Å²) in [6.07, 6.45) is 0. The average molecular weight is 1360 g/mol. The van der Waals surface area contributed by atoms with Crippen LogP contribution < -0.4 is 26.2 Å². The first-order chi connectivity index (χ1) is 52.5. The van der Waals surface area contributed by atoms with Crippen LogP contribution in [0.4, 0.5) is 34.1 Å². The first-order valence-electron chi connectivity index (χ1n) is 35.5. The predicted molar refractivity (Wildman–Crippen MR) is 429 cm³/mol. The van der Waals surface area contributed by atoms with Crippen molar-refractivity contribution < 1.29 is 0 Å². The topological polar surface area (TPSA) is 127 Å². The number of aromatic nitrogens is 10. The zero-order chi connectivity index (χ0) is 70.0. The summed E-state index contributed by atoms with van der Waals surface area (Å²) in [6, 6.07) is 124. The van der Waals surface area contributed by atoms with Crippen LogP contribution >= 0.6 is 0 Å². The lowest BCUT2D eigenvalue weighted by Crippen LogP contribution is -2.61. The number of nitrogens with zero attached hydrogens (tertiary/aromatic N) is 12. The minimum absolute atomic E-state index is 0.0454. The molecular weight excluding hydrogens is 1300 g/mol. The molecule has 2 aliphatic heterocycles. The van der Waals surface area contributed by atoms with Gasteiger partial charge in [0.2, 0.25) is 0 Å². The first kappa shape index (κ1) is 61.4. The highest BCUT2D eigenvalue weighted by Crippen LogP contribution is 2.46. The molecule has 20 rings (SSSR count). The summed E-state index contributed by atoms with van der Waals surface area (Å²) in [6.45, 7) is 0.0454. The fraction of sp³-hybridized carbons (Fsp3) is 0. The van der Waals surface area contributed by atoms with Gasteiger partial charge in [0.15, 0.2) is 52.4 Å². The Hall–Kier alpha value is -14.4. The fourth-order valence-corrected chi connectivity index (χ4v) is 15.2. The third kappa shape index (κ3) is 10.8. The lowest BCUT2D eigenvalue weighted by molar-refractivity contribution is 1.06. The van der Waals surface area contributed by atoms with Gasteiger partial charge in [-0.25, -0.2) is 44.9 Å². The monoisotopic (exact) mass is 1350 g/mol. The van der Waals surface area contributed by atoms with Crippen molar-refractivity contribution >= 4 is 79.0 Å². The summed E-state index contributed by atoms with van der Waals surface area (Å²) in [5.41, 5.74) is 23.0. The molecule has 0 spiro atoms. The second kappa shape index (κ2) is 25.9. The molecule has 12 nitrogen and oxygen atoms in total. The second-order valence-electron chi connectivity index (χ2n) is 26.5. The summed E-state index contributed by atoms with van der Waals surface area (Å²) in [4.78, 5) is 52.4. The molecule has 14 aromatic carbocycles. The van der Waals surface area contributed by atoms with Gasteiger partial charge >= 0.3 is 0 Å². The molecule has 0 aliphatic carbocycles. The minimum Gasteiger partial charge on any atom is -0.311 e. The zero-order valence-corrected chi connectivity index (χ0v) is 57.0. The van der Waals surface area contributed by atoms with E-state index in [-0.39, 0.29) is 6.71 Å². The van der Waals surface area contributed by atoms with E-state index in [9.17, 15) is 0 Å². The Labute approximate surface area is 611 Å². The van der Waals surface area contributed by atoms with Crippen molar-refractivity contribution in [1.82, 2.24) is 49.4 Å². The first-order valence-corrected chi connectivity index (χ1v) is 35.5. The molecule has 0 atom stereocenters. The van der Waals surface area contributed by atoms with E-state index < -0.39 is 0 Å². The maximum atomic E-state index is 5.61. The molecule has 0 saturated carbocycles. The van der Waals surface area contributed by atoms with E-state index in [0.29, 0.717) is 52.4 Å². The summed E-state index contributed by atoms with van der Waals surface area (Å²) in [5, 5.41) is 2.04. The number of fused-ring (bicyclic) bond motifs is 7. The van der Waals surface area contributed by atoms with Gasteiger partial charge in [0.05, 0.1) is 16.7 Å². The predicted octanol–water partition coefficient (Wildman–Crippen LogP) is 20.1. The smallest absolute Gasteiger partial charge is 0.252 e. The lowest BCUT2D eigenvalue weighted by Gasteiger charge is -2.44. The highest BCUT2D eigenvalue weighted by molar-refractivity contribution is 7.00. The normalized spacial score (nSPS) is 12.1. The number of para-hydroxylation sites is 4. The summed E-state index contributed by atoms with van der Waals surface area (Å²) < 4.78 is 2.31. The summed E-state index contributed by atoms with van der Waals surface area (Å²) >= 11 is 0.